The molecule has 7 heteroatoms. The molecule has 0 bridgehead atoms. The van der Waals surface area contributed by atoms with Crippen molar-refractivity contribution in [1.82, 2.24) is 9.55 Å². The molecule has 33 heavy (non-hydrogen) atoms. The van der Waals surface area contributed by atoms with Gasteiger partial charge in [-0.1, -0.05) is 54.6 Å². The number of benzene rings is 3. The fraction of sp³-hybridized carbons (Fsp3) is 0.0769. The number of carbonyl (C=O) groups excluding carboxylic acids is 2. The van der Waals surface area contributed by atoms with E-state index in [9.17, 15) is 9.59 Å². The van der Waals surface area contributed by atoms with Crippen molar-refractivity contribution in [2.24, 2.45) is 16.5 Å². The molecular formula is C26H21N5O2. The van der Waals surface area contributed by atoms with Gasteiger partial charge in [0.1, 0.15) is 23.8 Å². The van der Waals surface area contributed by atoms with Gasteiger partial charge in [-0.05, 0) is 40.5 Å². The molecule has 1 aromatic heterocycles. The minimum absolute atomic E-state index is 0.162. The number of aromatic nitrogens is 2. The molecule has 1 aliphatic rings. The smallest absolute Gasteiger partial charge is 0.248 e. The fourth-order valence-electron chi connectivity index (χ4n) is 4.11. The Kier molecular flexibility index (Phi) is 5.16. The van der Waals surface area contributed by atoms with E-state index in [-0.39, 0.29) is 5.78 Å². The molecule has 7 nitrogen and oxygen atoms in total. The van der Waals surface area contributed by atoms with Crippen LogP contribution in [0.2, 0.25) is 0 Å². The lowest BCUT2D eigenvalue weighted by atomic mass is 9.94. The van der Waals surface area contributed by atoms with Crippen molar-refractivity contribution in [3.63, 3.8) is 0 Å². The van der Waals surface area contributed by atoms with Crippen LogP contribution in [-0.4, -0.2) is 27.5 Å². The Balaban J connectivity index is 1.48. The summed E-state index contributed by atoms with van der Waals surface area (Å²) < 4.78 is 1.67. The van der Waals surface area contributed by atoms with Crippen LogP contribution in [0.25, 0.3) is 16.8 Å². The van der Waals surface area contributed by atoms with Gasteiger partial charge in [-0.15, -0.1) is 0 Å². The second kappa shape index (κ2) is 8.29. The Morgan fingerprint density at radius 1 is 1.00 bits per heavy atom. The van der Waals surface area contributed by atoms with Crippen molar-refractivity contribution in [3.05, 3.63) is 107 Å². The van der Waals surface area contributed by atoms with Crippen molar-refractivity contribution in [2.75, 3.05) is 0 Å². The molecule has 1 aliphatic heterocycles. The Morgan fingerprint density at radius 3 is 2.55 bits per heavy atom. The quantitative estimate of drug-likeness (QED) is 0.499. The number of imidazole rings is 1. The molecule has 4 aromatic rings. The van der Waals surface area contributed by atoms with Crippen LogP contribution >= 0.6 is 0 Å². The number of nitrogens with zero attached hydrogens (tertiary/aromatic N) is 3. The van der Waals surface area contributed by atoms with E-state index in [4.69, 9.17) is 11.5 Å². The summed E-state index contributed by atoms with van der Waals surface area (Å²) in [5.41, 5.74) is 17.1. The Labute approximate surface area is 190 Å². The lowest BCUT2D eigenvalue weighted by Gasteiger charge is -2.18. The molecule has 3 aromatic carbocycles. The molecule has 0 fully saturated rings. The molecule has 1 atom stereocenters. The zero-order valence-electron chi connectivity index (χ0n) is 17.7. The molecule has 0 saturated heterocycles. The molecule has 5 rings (SSSR count). The first-order valence-corrected chi connectivity index (χ1v) is 10.5. The number of fused-ring (bicyclic) bond motifs is 1. The minimum atomic E-state index is -0.675. The fourth-order valence-corrected chi connectivity index (χ4v) is 4.11. The highest BCUT2D eigenvalue weighted by molar-refractivity contribution is 6.08. The molecule has 2 heterocycles. The van der Waals surface area contributed by atoms with Gasteiger partial charge < -0.3 is 11.5 Å². The SMILES string of the molecule is NCc1ccccc1-c1ccc(C2N=Cc3ncn(-c4cccc(C(N)=O)c4)c3C2=O)cc1. The van der Waals surface area contributed by atoms with Gasteiger partial charge in [0.15, 0.2) is 0 Å². The largest absolute Gasteiger partial charge is 0.366 e. The summed E-state index contributed by atoms with van der Waals surface area (Å²) in [7, 11) is 0. The first-order chi connectivity index (χ1) is 16.1. The number of hydrogen-bond acceptors (Lipinski definition) is 5. The number of aliphatic imine (C=N–C) groups is 1. The number of Topliss-reactive ketones (excluding diaryl/α,β-unsaturated/α-hetero) is 1. The van der Waals surface area contributed by atoms with Gasteiger partial charge >= 0.3 is 0 Å². The van der Waals surface area contributed by atoms with Gasteiger partial charge in [-0.2, -0.15) is 0 Å². The maximum atomic E-state index is 13.5. The molecule has 0 spiro atoms. The predicted octanol–water partition coefficient (Wildman–Crippen LogP) is 3.45. The molecular weight excluding hydrogens is 414 g/mol. The average molecular weight is 435 g/mol. The van der Waals surface area contributed by atoms with Crippen LogP contribution in [-0.2, 0) is 6.54 Å². The van der Waals surface area contributed by atoms with Crippen LogP contribution in [0.3, 0.4) is 0 Å². The molecule has 0 saturated carbocycles. The number of hydrogen-bond donors (Lipinski definition) is 2. The predicted molar refractivity (Wildman–Crippen MR) is 127 cm³/mol. The van der Waals surface area contributed by atoms with Gasteiger partial charge in [-0.25, -0.2) is 4.98 Å². The third kappa shape index (κ3) is 3.64. The minimum Gasteiger partial charge on any atom is -0.366 e. The Morgan fingerprint density at radius 2 is 1.79 bits per heavy atom. The third-order valence-electron chi connectivity index (χ3n) is 5.81. The normalized spacial score (nSPS) is 14.8. The van der Waals surface area contributed by atoms with Gasteiger partial charge in [0.05, 0.1) is 6.21 Å². The Hall–Kier alpha value is -4.36. The second-order valence-electron chi connectivity index (χ2n) is 7.79. The van der Waals surface area contributed by atoms with Gasteiger partial charge in [0, 0.05) is 17.8 Å². The number of ketones is 1. The van der Waals surface area contributed by atoms with Crippen LogP contribution in [0, 0.1) is 0 Å². The summed E-state index contributed by atoms with van der Waals surface area (Å²) in [5.74, 6) is -0.697. The van der Waals surface area contributed by atoms with Gasteiger partial charge in [0.2, 0.25) is 11.7 Å². The van der Waals surface area contributed by atoms with E-state index in [1.165, 1.54) is 0 Å². The van der Waals surface area contributed by atoms with E-state index in [0.29, 0.717) is 29.2 Å². The monoisotopic (exact) mass is 435 g/mol. The van der Waals surface area contributed by atoms with E-state index in [1.54, 1.807) is 41.4 Å². The highest BCUT2D eigenvalue weighted by Gasteiger charge is 2.31. The lowest BCUT2D eigenvalue weighted by molar-refractivity contribution is 0.0952. The van der Waals surface area contributed by atoms with Crippen molar-refractivity contribution < 1.29 is 9.59 Å². The van der Waals surface area contributed by atoms with E-state index < -0.39 is 11.9 Å². The first-order valence-electron chi connectivity index (χ1n) is 10.5. The van der Waals surface area contributed by atoms with E-state index in [2.05, 4.69) is 9.98 Å². The lowest BCUT2D eigenvalue weighted by Crippen LogP contribution is -2.21. The van der Waals surface area contributed by atoms with Gasteiger partial charge in [0.25, 0.3) is 0 Å². The summed E-state index contributed by atoms with van der Waals surface area (Å²) in [4.78, 5) is 33.8. The van der Waals surface area contributed by atoms with Crippen LogP contribution in [0.4, 0.5) is 0 Å². The van der Waals surface area contributed by atoms with Crippen LogP contribution in [0.15, 0.2) is 84.1 Å². The van der Waals surface area contributed by atoms with Crippen LogP contribution in [0.1, 0.15) is 43.7 Å². The van der Waals surface area contributed by atoms with Crippen molar-refractivity contribution in [2.45, 2.75) is 12.6 Å². The zero-order chi connectivity index (χ0) is 22.9. The Bertz CT molecular complexity index is 1400. The highest BCUT2D eigenvalue weighted by atomic mass is 16.1. The van der Waals surface area contributed by atoms with E-state index in [0.717, 1.165) is 22.3 Å². The molecule has 1 unspecified atom stereocenters. The average Bonchev–Trinajstić information content (AvgIpc) is 3.30. The standard InChI is InChI=1S/C26H21N5O2/c27-13-19-4-1-2-7-21(19)16-8-10-17(11-9-16)23-25(32)24-22(14-29-23)30-15-31(24)20-6-3-5-18(12-20)26(28)33/h1-12,14-15,23H,13,27H2,(H2,28,33). The topological polar surface area (TPSA) is 116 Å². The molecule has 1 amide bonds. The summed E-state index contributed by atoms with van der Waals surface area (Å²) >= 11 is 0. The summed E-state index contributed by atoms with van der Waals surface area (Å²) in [6.45, 7) is 0.451. The summed E-state index contributed by atoms with van der Waals surface area (Å²) in [6.07, 6.45) is 3.18. The van der Waals surface area contributed by atoms with Crippen LogP contribution < -0.4 is 11.5 Å². The zero-order valence-corrected chi connectivity index (χ0v) is 17.7. The van der Waals surface area contributed by atoms with Crippen molar-refractivity contribution >= 4 is 17.9 Å². The number of rotatable bonds is 5. The number of primary amides is 1. The van der Waals surface area contributed by atoms with E-state index in [1.807, 2.05) is 48.5 Å². The second-order valence-corrected chi connectivity index (χ2v) is 7.79. The van der Waals surface area contributed by atoms with Crippen LogP contribution in [0.5, 0.6) is 0 Å². The molecule has 4 N–H and O–H groups in total. The molecule has 162 valence electrons. The number of amides is 1. The van der Waals surface area contributed by atoms with Crippen molar-refractivity contribution in [1.29, 1.82) is 0 Å². The number of nitrogens with two attached hydrogens (primary N) is 2. The van der Waals surface area contributed by atoms with Crippen molar-refractivity contribution in [3.8, 4) is 16.8 Å². The summed E-state index contributed by atoms with van der Waals surface area (Å²) in [6, 6.07) is 21.9. The maximum absolute atomic E-state index is 13.5. The molecule has 0 radical (unpaired) electrons. The van der Waals surface area contributed by atoms with Gasteiger partial charge in [-0.3, -0.25) is 19.1 Å². The number of carbonyl (C=O) groups is 2. The third-order valence-corrected chi connectivity index (χ3v) is 5.81. The van der Waals surface area contributed by atoms with E-state index >= 15 is 0 Å². The summed E-state index contributed by atoms with van der Waals surface area (Å²) in [5, 5.41) is 0. The highest BCUT2D eigenvalue weighted by Crippen LogP contribution is 2.31. The maximum Gasteiger partial charge on any atom is 0.248 e. The first kappa shape index (κ1) is 20.5. The molecule has 0 aliphatic carbocycles.